The molecule has 0 radical (unpaired) electrons. The SMILES string of the molecule is CN1C=CN(C(CCc2cc(C(F)(F)F)cc(C(F)(F)F)c2)c2ccccc2)C=C1. The second-order valence-electron chi connectivity index (χ2n) is 7.09. The van der Waals surface area contributed by atoms with Crippen molar-refractivity contribution in [3.63, 3.8) is 0 Å². The van der Waals surface area contributed by atoms with Crippen LogP contribution in [0.5, 0.6) is 0 Å². The number of aryl methyl sites for hydroxylation is 1. The number of nitrogens with zero attached hydrogens (tertiary/aromatic N) is 2. The van der Waals surface area contributed by atoms with E-state index in [1.165, 1.54) is 0 Å². The molecule has 160 valence electrons. The minimum atomic E-state index is -4.85. The predicted octanol–water partition coefficient (Wildman–Crippen LogP) is 6.59. The van der Waals surface area contributed by atoms with Crippen LogP contribution in [0, 0.1) is 0 Å². The monoisotopic (exact) mass is 426 g/mol. The van der Waals surface area contributed by atoms with Gasteiger partial charge in [-0.3, -0.25) is 0 Å². The van der Waals surface area contributed by atoms with E-state index in [9.17, 15) is 26.3 Å². The fraction of sp³-hybridized carbons (Fsp3) is 0.273. The molecule has 8 heteroatoms. The first-order chi connectivity index (χ1) is 14.0. The van der Waals surface area contributed by atoms with Crippen LogP contribution in [0.3, 0.4) is 0 Å². The Balaban J connectivity index is 1.90. The molecule has 0 fully saturated rings. The summed E-state index contributed by atoms with van der Waals surface area (Å²) in [6.07, 6.45) is -2.02. The Labute approximate surface area is 170 Å². The molecule has 2 aromatic rings. The smallest absolute Gasteiger partial charge is 0.354 e. The summed E-state index contributed by atoms with van der Waals surface area (Å²) in [6, 6.07) is 10.8. The van der Waals surface area contributed by atoms with Crippen molar-refractivity contribution >= 4 is 0 Å². The van der Waals surface area contributed by atoms with Crippen LogP contribution < -0.4 is 0 Å². The molecule has 0 bridgehead atoms. The lowest BCUT2D eigenvalue weighted by Gasteiger charge is -2.31. The van der Waals surface area contributed by atoms with Crippen LogP contribution in [0.25, 0.3) is 0 Å². The molecule has 30 heavy (non-hydrogen) atoms. The third kappa shape index (κ3) is 5.37. The highest BCUT2D eigenvalue weighted by Gasteiger charge is 2.36. The average Bonchev–Trinajstić information content (AvgIpc) is 2.69. The van der Waals surface area contributed by atoms with Gasteiger partial charge in [-0.2, -0.15) is 26.3 Å². The number of rotatable bonds is 5. The third-order valence-corrected chi connectivity index (χ3v) is 4.85. The van der Waals surface area contributed by atoms with Crippen molar-refractivity contribution in [2.24, 2.45) is 0 Å². The van der Waals surface area contributed by atoms with Crippen LogP contribution in [0.4, 0.5) is 26.3 Å². The summed E-state index contributed by atoms with van der Waals surface area (Å²) in [4.78, 5) is 3.73. The minimum Gasteiger partial charge on any atom is -0.354 e. The van der Waals surface area contributed by atoms with E-state index in [0.717, 1.165) is 17.7 Å². The second kappa shape index (κ2) is 8.45. The van der Waals surface area contributed by atoms with Crippen LogP contribution in [-0.4, -0.2) is 16.8 Å². The predicted molar refractivity (Wildman–Crippen MR) is 102 cm³/mol. The Morgan fingerprint density at radius 2 is 1.30 bits per heavy atom. The highest BCUT2D eigenvalue weighted by molar-refractivity contribution is 5.34. The van der Waals surface area contributed by atoms with E-state index in [1.807, 2.05) is 72.0 Å². The van der Waals surface area contributed by atoms with Gasteiger partial charge in [-0.1, -0.05) is 30.3 Å². The maximum atomic E-state index is 13.1. The molecule has 3 rings (SSSR count). The minimum absolute atomic E-state index is 0.000155. The molecular formula is C22H20F6N2. The maximum absolute atomic E-state index is 13.1. The summed E-state index contributed by atoms with van der Waals surface area (Å²) in [5.74, 6) is 0. The van der Waals surface area contributed by atoms with Crippen LogP contribution in [0.15, 0.2) is 73.3 Å². The fourth-order valence-corrected chi connectivity index (χ4v) is 3.30. The maximum Gasteiger partial charge on any atom is 0.416 e. The molecule has 0 spiro atoms. The van der Waals surface area contributed by atoms with E-state index >= 15 is 0 Å². The van der Waals surface area contributed by atoms with Crippen LogP contribution in [0.1, 0.15) is 34.7 Å². The average molecular weight is 426 g/mol. The molecule has 2 aromatic carbocycles. The standard InChI is InChI=1S/C22H20F6N2/c1-29-9-11-30(12-10-29)20(17-5-3-2-4-6-17)8-7-16-13-18(21(23,24)25)15-19(14-16)22(26,27)28/h2-6,9-15,20H,7-8H2,1H3. The highest BCUT2D eigenvalue weighted by Crippen LogP contribution is 2.37. The number of benzene rings is 2. The lowest BCUT2D eigenvalue weighted by Crippen LogP contribution is -2.23. The van der Waals surface area contributed by atoms with Gasteiger partial charge in [0, 0.05) is 31.8 Å². The number of hydrogen-bond donors (Lipinski definition) is 0. The van der Waals surface area contributed by atoms with Crippen molar-refractivity contribution in [2.45, 2.75) is 31.2 Å². The lowest BCUT2D eigenvalue weighted by atomic mass is 9.95. The van der Waals surface area contributed by atoms with Gasteiger partial charge < -0.3 is 9.80 Å². The van der Waals surface area contributed by atoms with E-state index in [4.69, 9.17) is 0 Å². The highest BCUT2D eigenvalue weighted by atomic mass is 19.4. The van der Waals surface area contributed by atoms with Gasteiger partial charge in [0.25, 0.3) is 0 Å². The zero-order chi connectivity index (χ0) is 21.9. The van der Waals surface area contributed by atoms with Crippen molar-refractivity contribution in [1.82, 2.24) is 9.80 Å². The number of alkyl halides is 6. The summed E-state index contributed by atoms with van der Waals surface area (Å²) < 4.78 is 78.8. The molecule has 1 aliphatic heterocycles. The second-order valence-corrected chi connectivity index (χ2v) is 7.09. The Hall–Kier alpha value is -2.90. The van der Waals surface area contributed by atoms with Gasteiger partial charge in [0.05, 0.1) is 17.2 Å². The summed E-state index contributed by atoms with van der Waals surface area (Å²) in [7, 11) is 1.85. The summed E-state index contributed by atoms with van der Waals surface area (Å²) >= 11 is 0. The van der Waals surface area contributed by atoms with Crippen LogP contribution >= 0.6 is 0 Å². The molecule has 1 aliphatic rings. The van der Waals surface area contributed by atoms with Crippen molar-refractivity contribution < 1.29 is 26.3 Å². The van der Waals surface area contributed by atoms with Gasteiger partial charge in [0.1, 0.15) is 0 Å². The van der Waals surface area contributed by atoms with E-state index in [-0.39, 0.29) is 24.1 Å². The zero-order valence-corrected chi connectivity index (χ0v) is 16.1. The first kappa shape index (κ1) is 21.8. The number of halogens is 6. The summed E-state index contributed by atoms with van der Waals surface area (Å²) in [5.41, 5.74) is -1.66. The van der Waals surface area contributed by atoms with Crippen LogP contribution in [0.2, 0.25) is 0 Å². The van der Waals surface area contributed by atoms with Gasteiger partial charge in [-0.15, -0.1) is 0 Å². The zero-order valence-electron chi connectivity index (χ0n) is 16.1. The number of hydrogen-bond acceptors (Lipinski definition) is 2. The molecule has 0 saturated heterocycles. The summed E-state index contributed by atoms with van der Waals surface area (Å²) in [6.45, 7) is 0. The molecule has 0 aliphatic carbocycles. The van der Waals surface area contributed by atoms with E-state index < -0.39 is 23.5 Å². The molecule has 2 nitrogen and oxygen atoms in total. The fourth-order valence-electron chi connectivity index (χ4n) is 3.30. The van der Waals surface area contributed by atoms with Crippen molar-refractivity contribution in [3.05, 3.63) is 95.6 Å². The molecule has 1 atom stereocenters. The largest absolute Gasteiger partial charge is 0.416 e. The van der Waals surface area contributed by atoms with E-state index in [1.54, 1.807) is 0 Å². The van der Waals surface area contributed by atoms with Crippen LogP contribution in [-0.2, 0) is 18.8 Å². The van der Waals surface area contributed by atoms with Gasteiger partial charge in [0.15, 0.2) is 0 Å². The molecule has 1 heterocycles. The topological polar surface area (TPSA) is 6.48 Å². The molecular weight excluding hydrogens is 406 g/mol. The van der Waals surface area contributed by atoms with Gasteiger partial charge in [-0.05, 0) is 42.2 Å². The molecule has 0 amide bonds. The quantitative estimate of drug-likeness (QED) is 0.498. The first-order valence-electron chi connectivity index (χ1n) is 9.23. The molecule has 0 N–H and O–H groups in total. The Bertz CT molecular complexity index is 869. The molecule has 1 unspecified atom stereocenters. The molecule has 0 aromatic heterocycles. The van der Waals surface area contributed by atoms with Gasteiger partial charge >= 0.3 is 12.4 Å². The Morgan fingerprint density at radius 1 is 0.767 bits per heavy atom. The van der Waals surface area contributed by atoms with Crippen molar-refractivity contribution in [2.75, 3.05) is 7.05 Å². The van der Waals surface area contributed by atoms with Gasteiger partial charge in [-0.25, -0.2) is 0 Å². The Morgan fingerprint density at radius 3 is 1.80 bits per heavy atom. The normalized spacial score (nSPS) is 15.6. The van der Waals surface area contributed by atoms with Gasteiger partial charge in [0.2, 0.25) is 0 Å². The van der Waals surface area contributed by atoms with E-state index in [0.29, 0.717) is 6.42 Å². The first-order valence-corrected chi connectivity index (χ1v) is 9.23. The van der Waals surface area contributed by atoms with E-state index in [2.05, 4.69) is 0 Å². The lowest BCUT2D eigenvalue weighted by molar-refractivity contribution is -0.143. The van der Waals surface area contributed by atoms with Crippen molar-refractivity contribution in [1.29, 1.82) is 0 Å². The third-order valence-electron chi connectivity index (χ3n) is 4.85. The summed E-state index contributed by atoms with van der Waals surface area (Å²) in [5, 5.41) is 0. The molecule has 0 saturated carbocycles. The van der Waals surface area contributed by atoms with Crippen molar-refractivity contribution in [3.8, 4) is 0 Å². The Kier molecular flexibility index (Phi) is 6.14.